The number of carbonyl (C=O) groups excluding carboxylic acids is 1. The Balaban J connectivity index is 1.45. The van der Waals surface area contributed by atoms with Crippen LogP contribution in [0.25, 0.3) is 6.08 Å². The summed E-state index contributed by atoms with van der Waals surface area (Å²) >= 11 is 0. The second kappa shape index (κ2) is 11.5. The van der Waals surface area contributed by atoms with Gasteiger partial charge in [0, 0.05) is 45.7 Å². The van der Waals surface area contributed by atoms with Crippen molar-refractivity contribution < 1.29 is 13.2 Å². The fourth-order valence-electron chi connectivity index (χ4n) is 4.19. The Kier molecular flexibility index (Phi) is 8.69. The summed E-state index contributed by atoms with van der Waals surface area (Å²) < 4.78 is 26.1. The lowest BCUT2D eigenvalue weighted by atomic mass is 10.1. The van der Waals surface area contributed by atoms with Gasteiger partial charge in [0.25, 0.3) is 0 Å². The van der Waals surface area contributed by atoms with E-state index in [0.29, 0.717) is 38.2 Å². The maximum atomic E-state index is 12.7. The van der Waals surface area contributed by atoms with E-state index in [1.165, 1.54) is 16.1 Å². The maximum Gasteiger partial charge on any atom is 0.232 e. The van der Waals surface area contributed by atoms with Gasteiger partial charge < -0.3 is 4.90 Å². The van der Waals surface area contributed by atoms with Crippen LogP contribution in [-0.2, 0) is 14.8 Å². The van der Waals surface area contributed by atoms with E-state index in [-0.39, 0.29) is 5.91 Å². The molecular weight excluding hydrogens is 434 g/mol. The van der Waals surface area contributed by atoms with Crippen molar-refractivity contribution in [3.63, 3.8) is 0 Å². The maximum absolute atomic E-state index is 12.7. The number of benzene rings is 2. The molecule has 2 aromatic carbocycles. The second-order valence-corrected chi connectivity index (χ2v) is 10.7. The molecule has 1 amide bonds. The van der Waals surface area contributed by atoms with E-state index in [2.05, 4.69) is 29.2 Å². The Hall–Kier alpha value is -2.64. The van der Waals surface area contributed by atoms with Crippen molar-refractivity contribution >= 4 is 27.7 Å². The van der Waals surface area contributed by atoms with Crippen LogP contribution in [0.15, 0.2) is 54.6 Å². The molecule has 6 nitrogen and oxygen atoms in total. The van der Waals surface area contributed by atoms with E-state index in [0.717, 1.165) is 30.8 Å². The molecule has 0 aromatic heterocycles. The van der Waals surface area contributed by atoms with Crippen LogP contribution in [-0.4, -0.2) is 69.6 Å². The van der Waals surface area contributed by atoms with Crippen molar-refractivity contribution in [3.05, 3.63) is 71.3 Å². The molecule has 178 valence electrons. The summed E-state index contributed by atoms with van der Waals surface area (Å²) in [4.78, 5) is 16.9. The van der Waals surface area contributed by atoms with Gasteiger partial charge in [-0.1, -0.05) is 48.6 Å². The standard InChI is InChI=1S/C26H35N3O3S/c1-22-19-23(2)21-25(20-22)29(33(3,31)32)14-8-12-26(30)28-17-15-27(16-18-28)13-7-11-24-9-5-4-6-10-24/h4-7,9-11,19-21H,8,12-18H2,1-3H3/b11-7+. The van der Waals surface area contributed by atoms with Gasteiger partial charge >= 0.3 is 0 Å². The van der Waals surface area contributed by atoms with E-state index in [9.17, 15) is 13.2 Å². The summed E-state index contributed by atoms with van der Waals surface area (Å²) in [6.45, 7) is 8.21. The molecule has 7 heteroatoms. The highest BCUT2D eigenvalue weighted by molar-refractivity contribution is 7.92. The molecule has 33 heavy (non-hydrogen) atoms. The molecule has 1 fully saturated rings. The third kappa shape index (κ3) is 7.72. The molecule has 0 aliphatic carbocycles. The molecule has 0 bridgehead atoms. The minimum absolute atomic E-state index is 0.100. The monoisotopic (exact) mass is 469 g/mol. The van der Waals surface area contributed by atoms with E-state index in [1.807, 2.05) is 55.1 Å². The predicted octanol–water partition coefficient (Wildman–Crippen LogP) is 3.71. The van der Waals surface area contributed by atoms with Crippen LogP contribution in [0, 0.1) is 13.8 Å². The van der Waals surface area contributed by atoms with Crippen molar-refractivity contribution in [2.45, 2.75) is 26.7 Å². The number of carbonyl (C=O) groups is 1. The molecule has 1 saturated heterocycles. The van der Waals surface area contributed by atoms with Crippen LogP contribution in [0.3, 0.4) is 0 Å². The van der Waals surface area contributed by atoms with Gasteiger partial charge in [0.1, 0.15) is 0 Å². The number of piperazine rings is 1. The summed E-state index contributed by atoms with van der Waals surface area (Å²) in [7, 11) is -3.42. The molecule has 0 radical (unpaired) electrons. The summed E-state index contributed by atoms with van der Waals surface area (Å²) in [5.41, 5.74) is 3.90. The van der Waals surface area contributed by atoms with Gasteiger partial charge in [0.05, 0.1) is 11.9 Å². The Morgan fingerprint density at radius 3 is 2.24 bits per heavy atom. The first-order valence-corrected chi connectivity index (χ1v) is 13.3. The number of hydrogen-bond acceptors (Lipinski definition) is 4. The number of sulfonamides is 1. The van der Waals surface area contributed by atoms with Gasteiger partial charge in [-0.2, -0.15) is 0 Å². The number of anilines is 1. The second-order valence-electron chi connectivity index (χ2n) is 8.78. The first-order chi connectivity index (χ1) is 15.7. The van der Waals surface area contributed by atoms with Crippen molar-refractivity contribution in [2.75, 3.05) is 49.8 Å². The largest absolute Gasteiger partial charge is 0.340 e. The molecule has 0 atom stereocenters. The average molecular weight is 470 g/mol. The van der Waals surface area contributed by atoms with Gasteiger partial charge in [-0.05, 0) is 49.1 Å². The lowest BCUT2D eigenvalue weighted by Gasteiger charge is -2.34. The van der Waals surface area contributed by atoms with E-state index in [1.54, 1.807) is 0 Å². The fraction of sp³-hybridized carbons (Fsp3) is 0.423. The normalized spacial score (nSPS) is 15.2. The summed E-state index contributed by atoms with van der Waals surface area (Å²) in [5.74, 6) is 0.100. The molecular formula is C26H35N3O3S. The average Bonchev–Trinajstić information content (AvgIpc) is 2.76. The Morgan fingerprint density at radius 2 is 1.64 bits per heavy atom. The molecule has 0 N–H and O–H groups in total. The Labute approximate surface area is 198 Å². The molecule has 0 spiro atoms. The third-order valence-corrected chi connectivity index (χ3v) is 7.04. The van der Waals surface area contributed by atoms with E-state index in [4.69, 9.17) is 0 Å². The smallest absolute Gasteiger partial charge is 0.232 e. The van der Waals surface area contributed by atoms with Gasteiger partial charge in [-0.25, -0.2) is 8.42 Å². The highest BCUT2D eigenvalue weighted by Crippen LogP contribution is 2.22. The minimum atomic E-state index is -3.42. The Bertz CT molecular complexity index is 1040. The molecule has 0 saturated carbocycles. The van der Waals surface area contributed by atoms with Crippen molar-refractivity contribution in [1.82, 2.24) is 9.80 Å². The first kappa shape index (κ1) is 25.0. The molecule has 1 aliphatic heterocycles. The van der Waals surface area contributed by atoms with Crippen LogP contribution in [0.5, 0.6) is 0 Å². The summed E-state index contributed by atoms with van der Waals surface area (Å²) in [6.07, 6.45) is 6.36. The number of nitrogens with zero attached hydrogens (tertiary/aromatic N) is 3. The van der Waals surface area contributed by atoms with Crippen molar-refractivity contribution in [1.29, 1.82) is 0 Å². The highest BCUT2D eigenvalue weighted by Gasteiger charge is 2.22. The molecule has 1 heterocycles. The number of aryl methyl sites for hydroxylation is 2. The zero-order chi connectivity index (χ0) is 23.8. The number of hydrogen-bond donors (Lipinski definition) is 0. The van der Waals surface area contributed by atoms with Crippen molar-refractivity contribution in [2.24, 2.45) is 0 Å². The molecule has 0 unspecified atom stereocenters. The fourth-order valence-corrected chi connectivity index (χ4v) is 5.14. The van der Waals surface area contributed by atoms with Gasteiger partial charge in [-0.3, -0.25) is 14.0 Å². The van der Waals surface area contributed by atoms with E-state index >= 15 is 0 Å². The molecule has 3 rings (SSSR count). The minimum Gasteiger partial charge on any atom is -0.340 e. The topological polar surface area (TPSA) is 60.9 Å². The van der Waals surface area contributed by atoms with Crippen LogP contribution in [0.2, 0.25) is 0 Å². The third-order valence-electron chi connectivity index (χ3n) is 5.85. The van der Waals surface area contributed by atoms with Crippen LogP contribution >= 0.6 is 0 Å². The SMILES string of the molecule is Cc1cc(C)cc(N(CCCC(=O)N2CCN(C/C=C/c3ccccc3)CC2)S(C)(=O)=O)c1. The lowest BCUT2D eigenvalue weighted by Crippen LogP contribution is -2.48. The van der Waals surface area contributed by atoms with Crippen molar-refractivity contribution in [3.8, 4) is 0 Å². The predicted molar refractivity (Wildman–Crippen MR) is 136 cm³/mol. The zero-order valence-electron chi connectivity index (χ0n) is 19.9. The van der Waals surface area contributed by atoms with Gasteiger partial charge in [0.15, 0.2) is 0 Å². The summed E-state index contributed by atoms with van der Waals surface area (Å²) in [5, 5.41) is 0. The van der Waals surface area contributed by atoms with Gasteiger partial charge in [0.2, 0.25) is 15.9 Å². The summed E-state index contributed by atoms with van der Waals surface area (Å²) in [6, 6.07) is 16.0. The Morgan fingerprint density at radius 1 is 1.00 bits per heavy atom. The first-order valence-electron chi connectivity index (χ1n) is 11.5. The molecule has 1 aliphatic rings. The lowest BCUT2D eigenvalue weighted by molar-refractivity contribution is -0.132. The van der Waals surface area contributed by atoms with Gasteiger partial charge in [-0.15, -0.1) is 0 Å². The van der Waals surface area contributed by atoms with Crippen LogP contribution in [0.4, 0.5) is 5.69 Å². The van der Waals surface area contributed by atoms with E-state index < -0.39 is 10.0 Å². The highest BCUT2D eigenvalue weighted by atomic mass is 32.2. The van der Waals surface area contributed by atoms with Crippen LogP contribution < -0.4 is 4.31 Å². The van der Waals surface area contributed by atoms with Crippen LogP contribution in [0.1, 0.15) is 29.5 Å². The quantitative estimate of drug-likeness (QED) is 0.562. The number of rotatable bonds is 9. The zero-order valence-corrected chi connectivity index (χ0v) is 20.7. The molecule has 2 aromatic rings. The number of amides is 1.